The molecule has 0 spiro atoms. The van der Waals surface area contributed by atoms with E-state index in [2.05, 4.69) is 25.7 Å². The number of fused-ring (bicyclic) bond motifs is 3. The van der Waals surface area contributed by atoms with Crippen molar-refractivity contribution in [3.05, 3.63) is 49.6 Å². The first kappa shape index (κ1) is 18.5. The Morgan fingerprint density at radius 1 is 1.21 bits per heavy atom. The van der Waals surface area contributed by atoms with Crippen LogP contribution in [0, 0.1) is 0 Å². The van der Waals surface area contributed by atoms with Crippen molar-refractivity contribution in [3.8, 4) is 0 Å². The minimum absolute atomic E-state index is 0.301. The SMILES string of the molecule is COC(=O)Cn1c(=O)c2c(nc3n2CCCN3c2ccc(Br)cc2)n(C)c1=O. The number of halogens is 1. The highest BCUT2D eigenvalue weighted by Crippen LogP contribution is 2.31. The first-order chi connectivity index (χ1) is 13.4. The second-order valence-corrected chi connectivity index (χ2v) is 7.44. The molecule has 0 amide bonds. The predicted molar refractivity (Wildman–Crippen MR) is 107 cm³/mol. The van der Waals surface area contributed by atoms with Crippen molar-refractivity contribution in [2.45, 2.75) is 19.5 Å². The summed E-state index contributed by atoms with van der Waals surface area (Å²) in [7, 11) is 2.76. The predicted octanol–water partition coefficient (Wildman–Crippen LogP) is 1.37. The zero-order valence-electron chi connectivity index (χ0n) is 15.4. The third-order valence-corrected chi connectivity index (χ3v) is 5.40. The van der Waals surface area contributed by atoms with Gasteiger partial charge in [0.15, 0.2) is 11.2 Å². The molecule has 0 fully saturated rings. The molecule has 0 atom stereocenters. The van der Waals surface area contributed by atoms with E-state index in [0.29, 0.717) is 23.7 Å². The maximum Gasteiger partial charge on any atom is 0.333 e. The smallest absolute Gasteiger partial charge is 0.333 e. The molecule has 0 aliphatic carbocycles. The number of carbonyl (C=O) groups is 1. The van der Waals surface area contributed by atoms with E-state index < -0.39 is 23.8 Å². The lowest BCUT2D eigenvalue weighted by Gasteiger charge is -2.29. The first-order valence-corrected chi connectivity index (χ1v) is 9.51. The topological polar surface area (TPSA) is 91.4 Å². The highest BCUT2D eigenvalue weighted by molar-refractivity contribution is 9.10. The molecule has 0 saturated heterocycles. The Bertz CT molecular complexity index is 1190. The number of hydrogen-bond acceptors (Lipinski definition) is 6. The summed E-state index contributed by atoms with van der Waals surface area (Å²) in [5, 5.41) is 0. The summed E-state index contributed by atoms with van der Waals surface area (Å²) in [6, 6.07) is 7.81. The van der Waals surface area contributed by atoms with Gasteiger partial charge in [-0.3, -0.25) is 14.2 Å². The van der Waals surface area contributed by atoms with E-state index >= 15 is 0 Å². The van der Waals surface area contributed by atoms with E-state index in [1.165, 1.54) is 11.7 Å². The van der Waals surface area contributed by atoms with Crippen LogP contribution in [0.15, 0.2) is 38.3 Å². The summed E-state index contributed by atoms with van der Waals surface area (Å²) >= 11 is 3.43. The highest BCUT2D eigenvalue weighted by atomic mass is 79.9. The molecule has 0 saturated carbocycles. The van der Waals surface area contributed by atoms with Crippen LogP contribution in [0.2, 0.25) is 0 Å². The van der Waals surface area contributed by atoms with Crippen LogP contribution in [0.25, 0.3) is 11.2 Å². The molecule has 2 aromatic heterocycles. The van der Waals surface area contributed by atoms with Gasteiger partial charge in [-0.15, -0.1) is 0 Å². The number of ether oxygens (including phenoxy) is 1. The maximum absolute atomic E-state index is 13.0. The summed E-state index contributed by atoms with van der Waals surface area (Å²) in [6.45, 7) is 0.911. The van der Waals surface area contributed by atoms with Crippen molar-refractivity contribution < 1.29 is 9.53 Å². The van der Waals surface area contributed by atoms with Crippen LogP contribution < -0.4 is 16.1 Å². The molecule has 0 N–H and O–H groups in total. The van der Waals surface area contributed by atoms with Gasteiger partial charge < -0.3 is 14.2 Å². The number of aromatic nitrogens is 4. The molecule has 0 unspecified atom stereocenters. The number of aryl methyl sites for hydroxylation is 2. The largest absolute Gasteiger partial charge is 0.468 e. The van der Waals surface area contributed by atoms with Crippen LogP contribution in [0.3, 0.4) is 0 Å². The molecule has 146 valence electrons. The zero-order chi connectivity index (χ0) is 20.0. The van der Waals surface area contributed by atoms with E-state index in [0.717, 1.165) is 27.7 Å². The average molecular weight is 448 g/mol. The molecule has 0 bridgehead atoms. The third-order valence-electron chi connectivity index (χ3n) is 4.87. The van der Waals surface area contributed by atoms with Gasteiger partial charge >= 0.3 is 11.7 Å². The Balaban J connectivity index is 1.95. The zero-order valence-corrected chi connectivity index (χ0v) is 17.0. The first-order valence-electron chi connectivity index (χ1n) is 8.72. The number of nitrogens with zero attached hydrogens (tertiary/aromatic N) is 5. The number of imidazole rings is 1. The van der Waals surface area contributed by atoms with Gasteiger partial charge in [0.25, 0.3) is 5.56 Å². The lowest BCUT2D eigenvalue weighted by atomic mass is 10.2. The fraction of sp³-hybridized carbons (Fsp3) is 0.333. The van der Waals surface area contributed by atoms with Gasteiger partial charge in [0.2, 0.25) is 5.95 Å². The molecular formula is C18H18BrN5O4. The molecule has 1 aliphatic rings. The van der Waals surface area contributed by atoms with Gasteiger partial charge in [-0.1, -0.05) is 15.9 Å². The molecule has 28 heavy (non-hydrogen) atoms. The maximum atomic E-state index is 13.0. The average Bonchev–Trinajstić information content (AvgIpc) is 3.10. The monoisotopic (exact) mass is 447 g/mol. The van der Waals surface area contributed by atoms with Crippen LogP contribution >= 0.6 is 15.9 Å². The van der Waals surface area contributed by atoms with E-state index in [9.17, 15) is 14.4 Å². The van der Waals surface area contributed by atoms with Crippen LogP contribution in [-0.2, 0) is 29.7 Å². The molecule has 3 aromatic rings. The molecule has 9 nitrogen and oxygen atoms in total. The second-order valence-electron chi connectivity index (χ2n) is 6.53. The number of esters is 1. The van der Waals surface area contributed by atoms with E-state index in [1.807, 2.05) is 33.7 Å². The number of methoxy groups -OCH3 is 1. The van der Waals surface area contributed by atoms with Gasteiger partial charge in [-0.2, -0.15) is 4.98 Å². The van der Waals surface area contributed by atoms with E-state index in [-0.39, 0.29) is 0 Å². The molecule has 1 aliphatic heterocycles. The van der Waals surface area contributed by atoms with Gasteiger partial charge in [0.1, 0.15) is 6.54 Å². The summed E-state index contributed by atoms with van der Waals surface area (Å²) in [6.07, 6.45) is 0.813. The standard InChI is InChI=1S/C18H18BrN5O4/c1-21-15-14(16(26)24(18(21)27)10-13(25)28-2)23-9-3-8-22(17(23)20-15)12-6-4-11(19)5-7-12/h4-7H,3,8-10H2,1-2H3. The van der Waals surface area contributed by atoms with Gasteiger partial charge in [-0.25, -0.2) is 9.36 Å². The van der Waals surface area contributed by atoms with Crippen molar-refractivity contribution in [1.29, 1.82) is 0 Å². The Kier molecular flexibility index (Phi) is 4.58. The minimum atomic E-state index is -0.659. The molecule has 10 heteroatoms. The van der Waals surface area contributed by atoms with Gasteiger partial charge in [-0.05, 0) is 30.7 Å². The summed E-state index contributed by atoms with van der Waals surface area (Å²) in [5.41, 5.74) is 0.408. The molecular weight excluding hydrogens is 430 g/mol. The lowest BCUT2D eigenvalue weighted by molar-refractivity contribution is -0.141. The molecule has 1 aromatic carbocycles. The second kappa shape index (κ2) is 6.93. The lowest BCUT2D eigenvalue weighted by Crippen LogP contribution is -2.41. The molecule has 0 radical (unpaired) electrons. The van der Waals surface area contributed by atoms with Crippen molar-refractivity contribution in [3.63, 3.8) is 0 Å². The van der Waals surface area contributed by atoms with Gasteiger partial charge in [0.05, 0.1) is 7.11 Å². The normalized spacial score (nSPS) is 13.6. The van der Waals surface area contributed by atoms with Crippen molar-refractivity contribution >= 4 is 44.7 Å². The Hall–Kier alpha value is -2.88. The highest BCUT2D eigenvalue weighted by Gasteiger charge is 2.27. The fourth-order valence-corrected chi connectivity index (χ4v) is 3.73. The number of rotatable bonds is 3. The van der Waals surface area contributed by atoms with E-state index in [4.69, 9.17) is 0 Å². The number of benzene rings is 1. The van der Waals surface area contributed by atoms with Crippen LogP contribution in [0.1, 0.15) is 6.42 Å². The number of hydrogen-bond donors (Lipinski definition) is 0. The van der Waals surface area contributed by atoms with Crippen molar-refractivity contribution in [1.82, 2.24) is 18.7 Å². The minimum Gasteiger partial charge on any atom is -0.468 e. The summed E-state index contributed by atoms with van der Waals surface area (Å²) in [5.74, 6) is -0.0556. The fourth-order valence-electron chi connectivity index (χ4n) is 3.46. The molecule has 3 heterocycles. The van der Waals surface area contributed by atoms with E-state index in [1.54, 1.807) is 7.05 Å². The van der Waals surface area contributed by atoms with Gasteiger partial charge in [0, 0.05) is 30.3 Å². The Morgan fingerprint density at radius 3 is 2.61 bits per heavy atom. The van der Waals surface area contributed by atoms with Crippen LogP contribution in [0.4, 0.5) is 11.6 Å². The summed E-state index contributed by atoms with van der Waals surface area (Å²) < 4.78 is 9.58. The number of anilines is 2. The van der Waals surface area contributed by atoms with Crippen LogP contribution in [0.5, 0.6) is 0 Å². The third kappa shape index (κ3) is 2.84. The number of carbonyl (C=O) groups excluding carboxylic acids is 1. The Morgan fingerprint density at radius 2 is 1.93 bits per heavy atom. The molecule has 4 rings (SSSR count). The Labute approximate surface area is 167 Å². The summed E-state index contributed by atoms with van der Waals surface area (Å²) in [4.78, 5) is 43.9. The van der Waals surface area contributed by atoms with Crippen molar-refractivity contribution in [2.24, 2.45) is 7.05 Å². The van der Waals surface area contributed by atoms with Crippen LogP contribution in [-0.4, -0.2) is 38.3 Å². The quantitative estimate of drug-likeness (QED) is 0.563. The van der Waals surface area contributed by atoms with Crippen molar-refractivity contribution in [2.75, 3.05) is 18.6 Å².